The molecule has 1 atom stereocenters. The van der Waals surface area contributed by atoms with Crippen molar-refractivity contribution in [1.82, 2.24) is 0 Å². The van der Waals surface area contributed by atoms with E-state index in [1.54, 1.807) is 17.8 Å². The largest absolute Gasteiger partial charge is 0.371 e. The molecule has 1 aliphatic rings. The van der Waals surface area contributed by atoms with Crippen LogP contribution < -0.4 is 11.1 Å². The number of thioether (sulfide) groups is 1. The number of hydrogen-bond acceptors (Lipinski definition) is 3. The molecule has 0 spiro atoms. The number of hydrogen-bond donors (Lipinski definition) is 2. The number of rotatable bonds is 3. The first-order chi connectivity index (χ1) is 9.24. The van der Waals surface area contributed by atoms with Crippen LogP contribution in [0.3, 0.4) is 0 Å². The molecule has 0 aliphatic carbocycles. The van der Waals surface area contributed by atoms with Gasteiger partial charge in [-0.15, -0.1) is 0 Å². The molecule has 3 N–H and O–H groups in total. The zero-order valence-electron chi connectivity index (χ0n) is 11.5. The minimum atomic E-state index is -0.709. The highest BCUT2D eigenvalue weighted by Crippen LogP contribution is 2.41. The van der Waals surface area contributed by atoms with Gasteiger partial charge in [-0.3, -0.25) is 4.79 Å². The summed E-state index contributed by atoms with van der Waals surface area (Å²) in [6.45, 7) is 4.33. The molecular formula is C14H18BrClN2OS. The Labute approximate surface area is 137 Å². The Kier molecular flexibility index (Phi) is 4.62. The minimum absolute atomic E-state index is 0.0780. The summed E-state index contributed by atoms with van der Waals surface area (Å²) < 4.78 is 0.798. The van der Waals surface area contributed by atoms with E-state index in [1.807, 2.05) is 12.1 Å². The summed E-state index contributed by atoms with van der Waals surface area (Å²) in [5, 5.41) is 3.97. The van der Waals surface area contributed by atoms with Crippen LogP contribution in [0.25, 0.3) is 0 Å². The number of nitrogens with one attached hydrogen (secondary N) is 1. The zero-order chi connectivity index (χ0) is 15.0. The van der Waals surface area contributed by atoms with Crippen molar-refractivity contribution in [1.29, 1.82) is 0 Å². The second kappa shape index (κ2) is 5.78. The van der Waals surface area contributed by atoms with E-state index in [9.17, 15) is 4.79 Å². The Morgan fingerprint density at radius 3 is 2.70 bits per heavy atom. The van der Waals surface area contributed by atoms with E-state index in [4.69, 9.17) is 17.3 Å². The van der Waals surface area contributed by atoms with Crippen molar-refractivity contribution in [3.63, 3.8) is 0 Å². The van der Waals surface area contributed by atoms with Gasteiger partial charge in [-0.05, 0) is 51.7 Å². The van der Waals surface area contributed by atoms with Crippen LogP contribution in [0.15, 0.2) is 22.7 Å². The van der Waals surface area contributed by atoms with E-state index < -0.39 is 5.54 Å². The van der Waals surface area contributed by atoms with Crippen LogP contribution in [-0.4, -0.2) is 23.0 Å². The molecule has 0 aromatic heterocycles. The molecule has 1 aromatic rings. The Morgan fingerprint density at radius 2 is 2.15 bits per heavy atom. The molecule has 110 valence electrons. The minimum Gasteiger partial charge on any atom is -0.371 e. The quantitative estimate of drug-likeness (QED) is 0.840. The monoisotopic (exact) mass is 376 g/mol. The summed E-state index contributed by atoms with van der Waals surface area (Å²) >= 11 is 11.2. The van der Waals surface area contributed by atoms with Crippen molar-refractivity contribution < 1.29 is 4.79 Å². The first-order valence-corrected chi connectivity index (χ1v) is 8.68. The SMILES string of the molecule is CC1(C)CSCC(Nc2ccc(Cl)c(Br)c2)(C(N)=O)C1. The first kappa shape index (κ1) is 16.0. The lowest BCUT2D eigenvalue weighted by atomic mass is 9.79. The van der Waals surface area contributed by atoms with Crippen LogP contribution >= 0.6 is 39.3 Å². The smallest absolute Gasteiger partial charge is 0.243 e. The van der Waals surface area contributed by atoms with E-state index >= 15 is 0 Å². The van der Waals surface area contributed by atoms with E-state index in [0.29, 0.717) is 10.8 Å². The fraction of sp³-hybridized carbons (Fsp3) is 0.500. The summed E-state index contributed by atoms with van der Waals surface area (Å²) in [6, 6.07) is 5.53. The summed E-state index contributed by atoms with van der Waals surface area (Å²) in [4.78, 5) is 12.0. The highest BCUT2D eigenvalue weighted by molar-refractivity contribution is 9.10. The number of halogens is 2. The fourth-order valence-electron chi connectivity index (χ4n) is 2.57. The molecule has 6 heteroatoms. The number of amides is 1. The van der Waals surface area contributed by atoms with Crippen molar-refractivity contribution in [2.45, 2.75) is 25.8 Å². The molecule has 1 amide bonds. The second-order valence-electron chi connectivity index (χ2n) is 6.03. The van der Waals surface area contributed by atoms with E-state index in [2.05, 4.69) is 35.1 Å². The lowest BCUT2D eigenvalue weighted by molar-refractivity contribution is -0.122. The molecule has 1 fully saturated rings. The zero-order valence-corrected chi connectivity index (χ0v) is 14.7. The van der Waals surface area contributed by atoms with E-state index in [0.717, 1.165) is 22.3 Å². The number of benzene rings is 1. The topological polar surface area (TPSA) is 55.1 Å². The van der Waals surface area contributed by atoms with Gasteiger partial charge in [0.1, 0.15) is 5.54 Å². The summed E-state index contributed by atoms with van der Waals surface area (Å²) in [5.41, 5.74) is 5.90. The number of carbonyl (C=O) groups excluding carboxylic acids is 1. The highest BCUT2D eigenvalue weighted by atomic mass is 79.9. The lowest BCUT2D eigenvalue weighted by Crippen LogP contribution is -2.57. The maximum absolute atomic E-state index is 12.0. The normalized spacial score (nSPS) is 25.2. The van der Waals surface area contributed by atoms with E-state index in [-0.39, 0.29) is 11.3 Å². The Morgan fingerprint density at radius 1 is 1.45 bits per heavy atom. The Bertz CT molecular complexity index is 538. The lowest BCUT2D eigenvalue weighted by Gasteiger charge is -2.43. The van der Waals surface area contributed by atoms with Crippen LogP contribution in [0.2, 0.25) is 5.02 Å². The molecule has 1 saturated heterocycles. The fourth-order valence-corrected chi connectivity index (χ4v) is 4.49. The molecule has 1 unspecified atom stereocenters. The van der Waals surface area contributed by atoms with Crippen molar-refractivity contribution in [2.75, 3.05) is 16.8 Å². The molecular weight excluding hydrogens is 360 g/mol. The molecule has 1 aliphatic heterocycles. The summed E-state index contributed by atoms with van der Waals surface area (Å²) in [7, 11) is 0. The first-order valence-electron chi connectivity index (χ1n) is 6.35. The molecule has 1 heterocycles. The average Bonchev–Trinajstić information content (AvgIpc) is 2.32. The maximum Gasteiger partial charge on any atom is 0.243 e. The van der Waals surface area contributed by atoms with Gasteiger partial charge in [0.15, 0.2) is 0 Å². The predicted molar refractivity (Wildman–Crippen MR) is 90.4 cm³/mol. The molecule has 0 radical (unpaired) electrons. The standard InChI is InChI=1S/C14H18BrClN2OS/c1-13(2)6-14(12(17)19,8-20-7-13)18-9-3-4-11(16)10(15)5-9/h3-5,18H,6-8H2,1-2H3,(H2,17,19). The molecule has 1 aromatic carbocycles. The maximum atomic E-state index is 12.0. The van der Waals surface area contributed by atoms with Crippen LogP contribution in [0, 0.1) is 5.41 Å². The van der Waals surface area contributed by atoms with Gasteiger partial charge in [-0.2, -0.15) is 11.8 Å². The highest BCUT2D eigenvalue weighted by Gasteiger charge is 2.45. The van der Waals surface area contributed by atoms with Gasteiger partial charge in [0.2, 0.25) is 5.91 Å². The average molecular weight is 378 g/mol. The number of anilines is 1. The molecule has 0 bridgehead atoms. The van der Waals surface area contributed by atoms with Crippen LogP contribution in [0.1, 0.15) is 20.3 Å². The van der Waals surface area contributed by atoms with Crippen molar-refractivity contribution >= 4 is 50.9 Å². The molecule has 0 saturated carbocycles. The van der Waals surface area contributed by atoms with Crippen LogP contribution in [0.4, 0.5) is 5.69 Å². The van der Waals surface area contributed by atoms with Gasteiger partial charge in [-0.1, -0.05) is 25.4 Å². The molecule has 2 rings (SSSR count). The molecule has 20 heavy (non-hydrogen) atoms. The Balaban J connectivity index is 2.29. The third-order valence-electron chi connectivity index (χ3n) is 3.40. The van der Waals surface area contributed by atoms with Crippen molar-refractivity contribution in [3.05, 3.63) is 27.7 Å². The number of nitrogens with two attached hydrogens (primary N) is 1. The Hall–Kier alpha value is -0.390. The molecule has 3 nitrogen and oxygen atoms in total. The van der Waals surface area contributed by atoms with Crippen LogP contribution in [-0.2, 0) is 4.79 Å². The van der Waals surface area contributed by atoms with Crippen molar-refractivity contribution in [3.8, 4) is 0 Å². The number of primary amides is 1. The van der Waals surface area contributed by atoms with Gasteiger partial charge < -0.3 is 11.1 Å². The number of carbonyl (C=O) groups is 1. The van der Waals surface area contributed by atoms with Gasteiger partial charge in [0.05, 0.1) is 5.02 Å². The van der Waals surface area contributed by atoms with Crippen LogP contribution in [0.5, 0.6) is 0 Å². The van der Waals surface area contributed by atoms with Gasteiger partial charge in [0, 0.05) is 15.9 Å². The van der Waals surface area contributed by atoms with E-state index in [1.165, 1.54) is 0 Å². The third kappa shape index (κ3) is 3.43. The van der Waals surface area contributed by atoms with Gasteiger partial charge in [0.25, 0.3) is 0 Å². The predicted octanol–water partition coefficient (Wildman–Crippen LogP) is 3.90. The summed E-state index contributed by atoms with van der Waals surface area (Å²) in [5.74, 6) is 1.42. The van der Waals surface area contributed by atoms with Gasteiger partial charge in [-0.25, -0.2) is 0 Å². The summed E-state index contributed by atoms with van der Waals surface area (Å²) in [6.07, 6.45) is 0.725. The van der Waals surface area contributed by atoms with Crippen molar-refractivity contribution in [2.24, 2.45) is 11.1 Å². The third-order valence-corrected chi connectivity index (χ3v) is 6.29. The second-order valence-corrected chi connectivity index (χ2v) is 8.28. The van der Waals surface area contributed by atoms with Gasteiger partial charge >= 0.3 is 0 Å².